The number of hydrogen-bond acceptors (Lipinski definition) is 4. The second kappa shape index (κ2) is 8.32. The zero-order valence-corrected chi connectivity index (χ0v) is 18.2. The first-order chi connectivity index (χ1) is 15.6. The van der Waals surface area contributed by atoms with E-state index in [4.69, 9.17) is 0 Å². The molecule has 0 saturated carbocycles. The Kier molecular flexibility index (Phi) is 5.21. The molecule has 5 aromatic rings. The molecule has 2 N–H and O–H groups in total. The van der Waals surface area contributed by atoms with Crippen LogP contribution in [0.25, 0.3) is 33.2 Å². The predicted molar refractivity (Wildman–Crippen MR) is 133 cm³/mol. The summed E-state index contributed by atoms with van der Waals surface area (Å²) in [5, 5.41) is 4.98. The number of thiol groups is 1. The third-order valence-corrected chi connectivity index (χ3v) is 5.59. The van der Waals surface area contributed by atoms with Gasteiger partial charge in [0.25, 0.3) is 5.91 Å². The molecule has 156 valence electrons. The molecule has 0 atom stereocenters. The summed E-state index contributed by atoms with van der Waals surface area (Å²) in [5.41, 5.74) is 4.08. The highest BCUT2D eigenvalue weighted by atomic mass is 32.1. The number of amidine groups is 1. The zero-order valence-electron chi connectivity index (χ0n) is 17.3. The number of aliphatic imine (C=N–C) groups is 1. The lowest BCUT2D eigenvalue weighted by molar-refractivity contribution is 0.0977. The molecule has 0 aliphatic carbocycles. The van der Waals surface area contributed by atoms with E-state index < -0.39 is 0 Å². The van der Waals surface area contributed by atoms with Crippen molar-refractivity contribution in [1.29, 1.82) is 0 Å². The molecule has 0 spiro atoms. The Balaban J connectivity index is 1.35. The number of rotatable bonds is 3. The Morgan fingerprint density at radius 1 is 0.938 bits per heavy atom. The number of carbonyl (C=O) groups excluding carboxylic acids is 1. The molecule has 5 rings (SSSR count). The van der Waals surface area contributed by atoms with Crippen LogP contribution >= 0.6 is 12.6 Å². The van der Waals surface area contributed by atoms with Gasteiger partial charge in [0.05, 0.1) is 16.7 Å². The van der Waals surface area contributed by atoms with Crippen molar-refractivity contribution in [3.05, 3.63) is 90.5 Å². The number of hydrogen-bond donors (Lipinski definition) is 3. The monoisotopic (exact) mass is 436 g/mol. The highest BCUT2D eigenvalue weighted by Gasteiger charge is 2.10. The number of nitrogens with zero attached hydrogens (tertiary/aromatic N) is 2. The Hall–Kier alpha value is -3.90. The summed E-state index contributed by atoms with van der Waals surface area (Å²) < 4.78 is 0. The van der Waals surface area contributed by atoms with Gasteiger partial charge in [0.15, 0.2) is 0 Å². The lowest BCUT2D eigenvalue weighted by Crippen LogP contribution is -2.28. The topological polar surface area (TPSA) is 70.1 Å². The number of carbonyl (C=O) groups is 1. The quantitative estimate of drug-likeness (QED) is 0.180. The van der Waals surface area contributed by atoms with Crippen LogP contribution in [0.15, 0.2) is 94.8 Å². The molecule has 1 aromatic heterocycles. The normalized spacial score (nSPS) is 11.8. The first kappa shape index (κ1) is 20.0. The summed E-state index contributed by atoms with van der Waals surface area (Å²) >= 11 is 4.59. The molecule has 0 saturated heterocycles. The molecule has 0 bridgehead atoms. The number of benzene rings is 4. The smallest absolute Gasteiger partial charge is 0.256 e. The first-order valence-corrected chi connectivity index (χ1v) is 10.7. The van der Waals surface area contributed by atoms with Gasteiger partial charge in [-0.3, -0.25) is 4.79 Å². The molecule has 0 fully saturated rings. The highest BCUT2D eigenvalue weighted by Crippen LogP contribution is 2.29. The largest absolute Gasteiger partial charge is 0.338 e. The van der Waals surface area contributed by atoms with Crippen molar-refractivity contribution < 1.29 is 4.79 Å². The van der Waals surface area contributed by atoms with Gasteiger partial charge in [-0.1, -0.05) is 42.5 Å². The molecular weight excluding hydrogens is 416 g/mol. The van der Waals surface area contributed by atoms with Gasteiger partial charge >= 0.3 is 0 Å². The van der Waals surface area contributed by atoms with Crippen LogP contribution in [0, 0.1) is 0 Å². The van der Waals surface area contributed by atoms with Gasteiger partial charge in [-0.2, -0.15) is 0 Å². The molecule has 4 aromatic carbocycles. The maximum absolute atomic E-state index is 12.7. The number of fused-ring (bicyclic) bond motifs is 2. The molecule has 0 unspecified atom stereocenters. The Bertz CT molecular complexity index is 1470. The average Bonchev–Trinajstić information content (AvgIpc) is 3.24. The summed E-state index contributed by atoms with van der Waals surface area (Å²) in [7, 11) is 0. The van der Waals surface area contributed by atoms with E-state index >= 15 is 0 Å². The predicted octanol–water partition coefficient (Wildman–Crippen LogP) is 6.15. The maximum atomic E-state index is 12.7. The third kappa shape index (κ3) is 4.00. The van der Waals surface area contributed by atoms with Crippen molar-refractivity contribution in [2.24, 2.45) is 4.99 Å². The van der Waals surface area contributed by atoms with E-state index in [0.717, 1.165) is 33.2 Å². The standard InChI is InChI=1S/C26H20N4OS/c1-16(28-26(31)20-11-10-17-6-2-3-7-18(17)14-20)27-23-13-12-19(15-24(23)32)25-29-21-8-4-5-9-22(21)30-25/h2-15,32H,1H3,(H,29,30)(H,27,28,31). The van der Waals surface area contributed by atoms with Crippen molar-refractivity contribution in [2.45, 2.75) is 11.8 Å². The molecule has 5 nitrogen and oxygen atoms in total. The van der Waals surface area contributed by atoms with Crippen LogP contribution in [0.3, 0.4) is 0 Å². The van der Waals surface area contributed by atoms with E-state index in [2.05, 4.69) is 32.9 Å². The fourth-order valence-electron chi connectivity index (χ4n) is 3.63. The molecule has 1 heterocycles. The Labute approximate surface area is 190 Å². The van der Waals surface area contributed by atoms with Gasteiger partial charge in [-0.15, -0.1) is 12.6 Å². The second-order valence-corrected chi connectivity index (χ2v) is 8.00. The van der Waals surface area contributed by atoms with Gasteiger partial charge in [0.1, 0.15) is 11.7 Å². The maximum Gasteiger partial charge on any atom is 0.256 e. The highest BCUT2D eigenvalue weighted by molar-refractivity contribution is 7.80. The van der Waals surface area contributed by atoms with Crippen molar-refractivity contribution in [1.82, 2.24) is 15.3 Å². The summed E-state index contributed by atoms with van der Waals surface area (Å²) in [6.45, 7) is 1.76. The molecule has 0 aliphatic heterocycles. The van der Waals surface area contributed by atoms with E-state index in [9.17, 15) is 4.79 Å². The summed E-state index contributed by atoms with van der Waals surface area (Å²) in [6.07, 6.45) is 0. The van der Waals surface area contributed by atoms with Crippen molar-refractivity contribution >= 4 is 51.9 Å². The van der Waals surface area contributed by atoms with E-state index in [0.29, 0.717) is 22.0 Å². The molecular formula is C26H20N4OS. The van der Waals surface area contributed by atoms with E-state index in [1.54, 1.807) is 6.92 Å². The number of amides is 1. The minimum atomic E-state index is -0.198. The van der Waals surface area contributed by atoms with Crippen LogP contribution in [0.2, 0.25) is 0 Å². The second-order valence-electron chi connectivity index (χ2n) is 7.52. The van der Waals surface area contributed by atoms with E-state index in [1.807, 2.05) is 84.9 Å². The summed E-state index contributed by atoms with van der Waals surface area (Å²) in [4.78, 5) is 25.9. The number of aromatic nitrogens is 2. The minimum Gasteiger partial charge on any atom is -0.338 e. The first-order valence-electron chi connectivity index (χ1n) is 10.2. The number of H-pyrrole nitrogens is 1. The zero-order chi connectivity index (χ0) is 22.1. The van der Waals surface area contributed by atoms with E-state index in [1.165, 1.54) is 0 Å². The molecule has 32 heavy (non-hydrogen) atoms. The minimum absolute atomic E-state index is 0.198. The van der Waals surface area contributed by atoms with Gasteiger partial charge in [0.2, 0.25) is 0 Å². The fraction of sp³-hybridized carbons (Fsp3) is 0.0385. The number of aromatic amines is 1. The lowest BCUT2D eigenvalue weighted by atomic mass is 10.1. The van der Waals surface area contributed by atoms with Crippen LogP contribution < -0.4 is 5.32 Å². The molecule has 0 radical (unpaired) electrons. The SMILES string of the molecule is CC(=Nc1ccc(-c2nc3ccccc3[nH]2)cc1S)NC(=O)c1ccc2ccccc2c1. The average molecular weight is 437 g/mol. The number of nitrogens with one attached hydrogen (secondary N) is 2. The van der Waals surface area contributed by atoms with Crippen LogP contribution in [0.4, 0.5) is 5.69 Å². The van der Waals surface area contributed by atoms with Crippen molar-refractivity contribution in [3.8, 4) is 11.4 Å². The Morgan fingerprint density at radius 3 is 2.53 bits per heavy atom. The van der Waals surface area contributed by atoms with Crippen LogP contribution in [-0.2, 0) is 0 Å². The van der Waals surface area contributed by atoms with Crippen molar-refractivity contribution in [2.75, 3.05) is 0 Å². The third-order valence-electron chi connectivity index (χ3n) is 5.23. The molecule has 6 heteroatoms. The van der Waals surface area contributed by atoms with Crippen LogP contribution in [0.5, 0.6) is 0 Å². The summed E-state index contributed by atoms with van der Waals surface area (Å²) in [6, 6.07) is 27.2. The van der Waals surface area contributed by atoms with Crippen LogP contribution in [-0.4, -0.2) is 21.7 Å². The number of imidazole rings is 1. The fourth-order valence-corrected chi connectivity index (χ4v) is 3.89. The van der Waals surface area contributed by atoms with Gasteiger partial charge in [-0.05, 0) is 60.2 Å². The van der Waals surface area contributed by atoms with Crippen molar-refractivity contribution in [3.63, 3.8) is 0 Å². The molecule has 0 aliphatic rings. The number of para-hydroxylation sites is 2. The van der Waals surface area contributed by atoms with Crippen LogP contribution in [0.1, 0.15) is 17.3 Å². The van der Waals surface area contributed by atoms with Gasteiger partial charge < -0.3 is 10.3 Å². The summed E-state index contributed by atoms with van der Waals surface area (Å²) in [5.74, 6) is 1.07. The lowest BCUT2D eigenvalue weighted by Gasteiger charge is -2.08. The van der Waals surface area contributed by atoms with E-state index in [-0.39, 0.29) is 5.91 Å². The van der Waals surface area contributed by atoms with Gasteiger partial charge in [0, 0.05) is 16.0 Å². The molecule has 1 amide bonds. The van der Waals surface area contributed by atoms with Gasteiger partial charge in [-0.25, -0.2) is 9.98 Å². The Morgan fingerprint density at radius 2 is 1.72 bits per heavy atom.